The second-order valence-electron chi connectivity index (χ2n) is 6.52. The number of likely N-dealkylation sites (tertiary alicyclic amines) is 1. The predicted molar refractivity (Wildman–Crippen MR) is 97.5 cm³/mol. The molecule has 0 atom stereocenters. The van der Waals surface area contributed by atoms with E-state index >= 15 is 0 Å². The Labute approximate surface area is 153 Å². The molecule has 1 aliphatic heterocycles. The Morgan fingerprint density at radius 1 is 1.41 bits per heavy atom. The fourth-order valence-electron chi connectivity index (χ4n) is 3.44. The van der Waals surface area contributed by atoms with Crippen LogP contribution in [0.5, 0.6) is 5.75 Å². The topological polar surface area (TPSA) is 80.4 Å². The predicted octanol–water partition coefficient (Wildman–Crippen LogP) is 1.91. The van der Waals surface area contributed by atoms with Crippen molar-refractivity contribution in [3.63, 3.8) is 0 Å². The molecule has 1 fully saturated rings. The monoisotopic (exact) mass is 368 g/mol. The van der Waals surface area contributed by atoms with E-state index in [0.29, 0.717) is 24.3 Å². The number of fused-ring (bicyclic) bond motifs is 1. The molecule has 0 unspecified atom stereocenters. The van der Waals surface area contributed by atoms with E-state index in [1.807, 2.05) is 4.57 Å². The lowest BCUT2D eigenvalue weighted by atomic mass is 10.1. The molecule has 138 valence electrons. The van der Waals surface area contributed by atoms with Crippen LogP contribution in [-0.4, -0.2) is 43.1 Å². The smallest absolute Gasteiger partial charge is 0.283 e. The van der Waals surface area contributed by atoms with Crippen molar-refractivity contribution in [2.45, 2.75) is 13.0 Å². The Bertz CT molecular complexity index is 1120. The first-order chi connectivity index (χ1) is 12.9. The third kappa shape index (κ3) is 2.52. The van der Waals surface area contributed by atoms with Gasteiger partial charge in [0.05, 0.1) is 17.9 Å². The van der Waals surface area contributed by atoms with Crippen molar-refractivity contribution in [2.24, 2.45) is 0 Å². The van der Waals surface area contributed by atoms with Gasteiger partial charge in [0, 0.05) is 18.8 Å². The number of halogens is 1. The van der Waals surface area contributed by atoms with Crippen LogP contribution >= 0.6 is 0 Å². The maximum atomic E-state index is 14.3. The van der Waals surface area contributed by atoms with Crippen molar-refractivity contribution < 1.29 is 14.3 Å². The highest BCUT2D eigenvalue weighted by molar-refractivity contribution is 5.87. The van der Waals surface area contributed by atoms with E-state index in [1.54, 1.807) is 24.2 Å². The minimum absolute atomic E-state index is 0.00964. The number of rotatable bonds is 3. The van der Waals surface area contributed by atoms with Crippen molar-refractivity contribution in [1.29, 1.82) is 0 Å². The number of para-hydroxylation sites is 1. The highest BCUT2D eigenvalue weighted by Crippen LogP contribution is 2.28. The van der Waals surface area contributed by atoms with Gasteiger partial charge in [0.25, 0.3) is 5.56 Å². The Kier molecular flexibility index (Phi) is 3.83. The molecule has 3 aromatic rings. The number of hydrogen-bond acceptors (Lipinski definition) is 4. The highest BCUT2D eigenvalue weighted by atomic mass is 19.1. The number of imidazole rings is 1. The van der Waals surface area contributed by atoms with Crippen LogP contribution in [0.25, 0.3) is 16.7 Å². The zero-order valence-corrected chi connectivity index (χ0v) is 14.6. The van der Waals surface area contributed by atoms with Crippen molar-refractivity contribution >= 4 is 16.9 Å². The molecule has 0 radical (unpaired) electrons. The van der Waals surface area contributed by atoms with Crippen LogP contribution in [0.1, 0.15) is 11.7 Å². The zero-order chi connectivity index (χ0) is 19.3. The van der Waals surface area contributed by atoms with E-state index in [9.17, 15) is 19.1 Å². The molecule has 8 heteroatoms. The van der Waals surface area contributed by atoms with Gasteiger partial charge in [0.15, 0.2) is 11.3 Å². The molecule has 1 aromatic carbocycles. The first kappa shape index (κ1) is 17.0. The lowest BCUT2D eigenvalue weighted by Gasteiger charge is -2.39. The van der Waals surface area contributed by atoms with Gasteiger partial charge in [-0.15, -0.1) is 0 Å². The molecule has 2 aromatic heterocycles. The average molecular weight is 368 g/mol. The van der Waals surface area contributed by atoms with Crippen LogP contribution in [0.15, 0.2) is 48.0 Å². The standard InChI is InChI=1S/C19H17FN4O3/c1-3-16(26)22-8-12(9-22)23-10-21-17-14(23)7-11(2)24(19(17)27)18-13(20)5-4-6-15(18)25/h3-7,10,12,25H,1,8-9H2,2H3. The molecular formula is C19H17FN4O3. The first-order valence-electron chi connectivity index (χ1n) is 8.40. The molecule has 0 bridgehead atoms. The second kappa shape index (κ2) is 6.08. The average Bonchev–Trinajstić information content (AvgIpc) is 2.99. The second-order valence-corrected chi connectivity index (χ2v) is 6.52. The van der Waals surface area contributed by atoms with Crippen molar-refractivity contribution in [3.8, 4) is 11.4 Å². The summed E-state index contributed by atoms with van der Waals surface area (Å²) in [6.07, 6.45) is 2.82. The maximum absolute atomic E-state index is 14.3. The van der Waals surface area contributed by atoms with Crippen LogP contribution < -0.4 is 5.56 Å². The molecule has 0 saturated carbocycles. The molecule has 0 spiro atoms. The number of aryl methyl sites for hydroxylation is 1. The highest BCUT2D eigenvalue weighted by Gasteiger charge is 2.32. The van der Waals surface area contributed by atoms with E-state index in [4.69, 9.17) is 0 Å². The number of benzene rings is 1. The van der Waals surface area contributed by atoms with Crippen molar-refractivity contribution in [3.05, 3.63) is 65.1 Å². The number of aromatic nitrogens is 3. The summed E-state index contributed by atoms with van der Waals surface area (Å²) in [5.74, 6) is -1.16. The van der Waals surface area contributed by atoms with Crippen LogP contribution in [0.2, 0.25) is 0 Å². The fraction of sp³-hybridized carbons (Fsp3) is 0.211. The van der Waals surface area contributed by atoms with E-state index < -0.39 is 11.4 Å². The molecule has 1 saturated heterocycles. The normalized spacial score (nSPS) is 14.4. The first-order valence-corrected chi connectivity index (χ1v) is 8.40. The van der Waals surface area contributed by atoms with Gasteiger partial charge in [-0.05, 0) is 31.2 Å². The number of hydrogen-bond donors (Lipinski definition) is 1. The molecule has 1 N–H and O–H groups in total. The molecule has 27 heavy (non-hydrogen) atoms. The molecule has 3 heterocycles. The fourth-order valence-corrected chi connectivity index (χ4v) is 3.44. The minimum atomic E-state index is -0.698. The summed E-state index contributed by atoms with van der Waals surface area (Å²) >= 11 is 0. The summed E-state index contributed by atoms with van der Waals surface area (Å²) in [4.78, 5) is 30.4. The van der Waals surface area contributed by atoms with Crippen molar-refractivity contribution in [1.82, 2.24) is 19.0 Å². The number of carbonyl (C=O) groups is 1. The van der Waals surface area contributed by atoms with Crippen LogP contribution in [-0.2, 0) is 4.79 Å². The van der Waals surface area contributed by atoms with Gasteiger partial charge in [-0.1, -0.05) is 12.6 Å². The Hall–Kier alpha value is -3.42. The zero-order valence-electron chi connectivity index (χ0n) is 14.6. The lowest BCUT2D eigenvalue weighted by molar-refractivity contribution is -0.131. The quantitative estimate of drug-likeness (QED) is 0.716. The van der Waals surface area contributed by atoms with Gasteiger partial charge in [-0.25, -0.2) is 9.37 Å². The lowest BCUT2D eigenvalue weighted by Crippen LogP contribution is -2.50. The van der Waals surface area contributed by atoms with Gasteiger partial charge in [-0.2, -0.15) is 0 Å². The SMILES string of the molecule is C=CC(=O)N1CC(n2cnc3c(=O)n(-c4c(O)cccc4F)c(C)cc32)C1. The van der Waals surface area contributed by atoms with Crippen LogP contribution in [0.4, 0.5) is 4.39 Å². The summed E-state index contributed by atoms with van der Waals surface area (Å²) in [6, 6.07) is 5.62. The van der Waals surface area contributed by atoms with E-state index in [2.05, 4.69) is 11.6 Å². The molecule has 0 aliphatic carbocycles. The number of phenols is 1. The number of amides is 1. The van der Waals surface area contributed by atoms with Gasteiger partial charge in [0.1, 0.15) is 11.4 Å². The summed E-state index contributed by atoms with van der Waals surface area (Å²) in [5, 5.41) is 10.0. The van der Waals surface area contributed by atoms with Crippen LogP contribution in [0.3, 0.4) is 0 Å². The third-order valence-corrected chi connectivity index (χ3v) is 4.87. The minimum Gasteiger partial charge on any atom is -0.506 e. The maximum Gasteiger partial charge on any atom is 0.283 e. The summed E-state index contributed by atoms with van der Waals surface area (Å²) in [6.45, 7) is 6.15. The Morgan fingerprint density at radius 2 is 2.15 bits per heavy atom. The van der Waals surface area contributed by atoms with E-state index in [0.717, 1.165) is 4.57 Å². The van der Waals surface area contributed by atoms with Gasteiger partial charge in [0.2, 0.25) is 5.91 Å². The number of phenolic OH excluding ortho intramolecular Hbond substituents is 1. The number of nitrogens with zero attached hydrogens (tertiary/aromatic N) is 4. The largest absolute Gasteiger partial charge is 0.506 e. The van der Waals surface area contributed by atoms with Crippen LogP contribution in [0, 0.1) is 12.7 Å². The molecule has 1 aliphatic rings. The number of pyridine rings is 1. The molecule has 1 amide bonds. The Morgan fingerprint density at radius 3 is 2.81 bits per heavy atom. The number of carbonyl (C=O) groups excluding carboxylic acids is 1. The molecule has 7 nitrogen and oxygen atoms in total. The summed E-state index contributed by atoms with van der Waals surface area (Å²) in [7, 11) is 0. The van der Waals surface area contributed by atoms with Crippen molar-refractivity contribution in [2.75, 3.05) is 13.1 Å². The third-order valence-electron chi connectivity index (χ3n) is 4.87. The van der Waals surface area contributed by atoms with E-state index in [1.165, 1.54) is 24.3 Å². The van der Waals surface area contributed by atoms with Gasteiger partial charge in [-0.3, -0.25) is 14.2 Å². The molecular weight excluding hydrogens is 351 g/mol. The van der Waals surface area contributed by atoms with Gasteiger partial charge >= 0.3 is 0 Å². The van der Waals surface area contributed by atoms with Gasteiger partial charge < -0.3 is 14.6 Å². The summed E-state index contributed by atoms with van der Waals surface area (Å²) in [5.41, 5.74) is 0.551. The summed E-state index contributed by atoms with van der Waals surface area (Å²) < 4.78 is 17.2. The Balaban J connectivity index is 1.81. The molecule has 4 rings (SSSR count). The number of aromatic hydroxyl groups is 1. The van der Waals surface area contributed by atoms with E-state index in [-0.39, 0.29) is 28.9 Å².